The third-order valence-electron chi connectivity index (χ3n) is 5.72. The highest BCUT2D eigenvalue weighted by molar-refractivity contribution is 5.94. The van der Waals surface area contributed by atoms with Crippen molar-refractivity contribution in [2.45, 2.75) is 57.8 Å². The van der Waals surface area contributed by atoms with Crippen LogP contribution in [0.2, 0.25) is 0 Å². The minimum absolute atomic E-state index is 0.0172. The van der Waals surface area contributed by atoms with E-state index in [0.29, 0.717) is 5.56 Å². The van der Waals surface area contributed by atoms with Gasteiger partial charge in [0.25, 0.3) is 0 Å². The second-order valence-corrected chi connectivity index (χ2v) is 9.21. The van der Waals surface area contributed by atoms with E-state index in [4.69, 9.17) is 5.73 Å². The molecule has 4 atom stereocenters. The van der Waals surface area contributed by atoms with Gasteiger partial charge in [0.15, 0.2) is 0 Å². The van der Waals surface area contributed by atoms with E-state index >= 15 is 0 Å². The van der Waals surface area contributed by atoms with Gasteiger partial charge in [-0.1, -0.05) is 38.1 Å². The summed E-state index contributed by atoms with van der Waals surface area (Å²) in [6.45, 7) is 4.72. The molecule has 0 aliphatic heterocycles. The molecular formula is C26H34N4O7. The van der Waals surface area contributed by atoms with Crippen LogP contribution in [0.4, 0.5) is 0 Å². The molecule has 200 valence electrons. The summed E-state index contributed by atoms with van der Waals surface area (Å²) in [5.41, 5.74) is 7.30. The Labute approximate surface area is 215 Å². The van der Waals surface area contributed by atoms with Crippen LogP contribution in [0.3, 0.4) is 0 Å². The van der Waals surface area contributed by atoms with Crippen molar-refractivity contribution in [2.75, 3.05) is 0 Å². The normalized spacial score (nSPS) is 14.2. The number of carboxylic acid groups (broad SMARTS) is 1. The van der Waals surface area contributed by atoms with Gasteiger partial charge in [-0.25, -0.2) is 4.79 Å². The number of rotatable bonds is 12. The van der Waals surface area contributed by atoms with Crippen molar-refractivity contribution in [3.05, 3.63) is 59.7 Å². The predicted molar refractivity (Wildman–Crippen MR) is 136 cm³/mol. The first-order valence-electron chi connectivity index (χ1n) is 11.8. The molecule has 0 radical (unpaired) electrons. The summed E-state index contributed by atoms with van der Waals surface area (Å²) in [5, 5.41) is 35.9. The Bertz CT molecular complexity index is 1090. The van der Waals surface area contributed by atoms with Crippen molar-refractivity contribution in [1.29, 1.82) is 0 Å². The van der Waals surface area contributed by atoms with E-state index in [1.165, 1.54) is 31.2 Å². The lowest BCUT2D eigenvalue weighted by Crippen LogP contribution is -2.57. The summed E-state index contributed by atoms with van der Waals surface area (Å²) in [4.78, 5) is 50.0. The number of hydrogen-bond acceptors (Lipinski definition) is 7. The van der Waals surface area contributed by atoms with E-state index in [0.717, 1.165) is 5.56 Å². The van der Waals surface area contributed by atoms with Crippen molar-refractivity contribution >= 4 is 23.7 Å². The number of carboxylic acids is 1. The highest BCUT2D eigenvalue weighted by Crippen LogP contribution is 2.13. The number of aliphatic carboxylic acids is 1. The molecule has 0 aromatic heterocycles. The number of carbonyl (C=O) groups is 4. The van der Waals surface area contributed by atoms with Gasteiger partial charge in [-0.3, -0.25) is 14.4 Å². The quantitative estimate of drug-likeness (QED) is 0.212. The first kappa shape index (κ1) is 29.1. The van der Waals surface area contributed by atoms with Crippen molar-refractivity contribution in [2.24, 2.45) is 11.7 Å². The molecule has 0 heterocycles. The predicted octanol–water partition coefficient (Wildman–Crippen LogP) is 0.425. The fraction of sp³-hybridized carbons (Fsp3) is 0.385. The molecule has 4 unspecified atom stereocenters. The molecule has 11 nitrogen and oxygen atoms in total. The third-order valence-corrected chi connectivity index (χ3v) is 5.72. The number of phenolic OH excluding ortho intramolecular Hbond substituents is 2. The average molecular weight is 515 g/mol. The third kappa shape index (κ3) is 9.12. The van der Waals surface area contributed by atoms with Crippen LogP contribution in [0.15, 0.2) is 48.5 Å². The van der Waals surface area contributed by atoms with Gasteiger partial charge in [-0.15, -0.1) is 0 Å². The molecule has 2 aromatic rings. The van der Waals surface area contributed by atoms with Crippen molar-refractivity contribution < 1.29 is 34.5 Å². The Morgan fingerprint density at radius 3 is 1.68 bits per heavy atom. The molecule has 2 rings (SSSR count). The van der Waals surface area contributed by atoms with Crippen LogP contribution in [0.1, 0.15) is 31.9 Å². The van der Waals surface area contributed by atoms with Crippen LogP contribution in [-0.2, 0) is 32.0 Å². The zero-order valence-corrected chi connectivity index (χ0v) is 21.0. The Morgan fingerprint density at radius 1 is 0.730 bits per heavy atom. The smallest absolute Gasteiger partial charge is 0.326 e. The number of phenols is 2. The molecule has 0 saturated carbocycles. The monoisotopic (exact) mass is 514 g/mol. The van der Waals surface area contributed by atoms with Crippen molar-refractivity contribution in [3.8, 4) is 11.5 Å². The molecule has 3 amide bonds. The second kappa shape index (κ2) is 13.3. The minimum Gasteiger partial charge on any atom is -0.508 e. The molecule has 2 aromatic carbocycles. The van der Waals surface area contributed by atoms with Crippen LogP contribution >= 0.6 is 0 Å². The van der Waals surface area contributed by atoms with Gasteiger partial charge in [-0.05, 0) is 54.7 Å². The van der Waals surface area contributed by atoms with Crippen LogP contribution < -0.4 is 21.7 Å². The molecule has 0 aliphatic rings. The maximum absolute atomic E-state index is 13.0. The van der Waals surface area contributed by atoms with Gasteiger partial charge < -0.3 is 37.0 Å². The lowest BCUT2D eigenvalue weighted by atomic mass is 10.0. The van der Waals surface area contributed by atoms with E-state index in [1.807, 2.05) is 0 Å². The van der Waals surface area contributed by atoms with Crippen molar-refractivity contribution in [3.63, 3.8) is 0 Å². The summed E-state index contributed by atoms with van der Waals surface area (Å²) in [6.07, 6.45) is 0.196. The van der Waals surface area contributed by atoms with Crippen molar-refractivity contribution in [1.82, 2.24) is 16.0 Å². The van der Waals surface area contributed by atoms with Gasteiger partial charge in [0, 0.05) is 6.42 Å². The van der Waals surface area contributed by atoms with E-state index < -0.39 is 53.8 Å². The summed E-state index contributed by atoms with van der Waals surface area (Å²) < 4.78 is 0. The molecular weight excluding hydrogens is 480 g/mol. The molecule has 11 heteroatoms. The number of nitrogens with one attached hydrogen (secondary N) is 3. The van der Waals surface area contributed by atoms with Crippen LogP contribution in [0, 0.1) is 5.92 Å². The first-order valence-corrected chi connectivity index (χ1v) is 11.8. The topological polar surface area (TPSA) is 191 Å². The Morgan fingerprint density at radius 2 is 1.22 bits per heavy atom. The summed E-state index contributed by atoms with van der Waals surface area (Å²) in [7, 11) is 0. The highest BCUT2D eigenvalue weighted by Gasteiger charge is 2.30. The number of amides is 3. The molecule has 37 heavy (non-hydrogen) atoms. The SMILES string of the molecule is CC(NC(=O)C(N)Cc1ccc(O)cc1)C(=O)NC(Cc1ccc(O)cc1)C(=O)NC(C(=O)O)C(C)C. The number of carbonyl (C=O) groups excluding carboxylic acids is 3. The number of aromatic hydroxyl groups is 2. The largest absolute Gasteiger partial charge is 0.508 e. The fourth-order valence-corrected chi connectivity index (χ4v) is 3.51. The molecule has 0 bridgehead atoms. The molecule has 0 fully saturated rings. The Balaban J connectivity index is 2.08. The number of hydrogen-bond donors (Lipinski definition) is 7. The van der Waals surface area contributed by atoms with E-state index in [1.54, 1.807) is 38.1 Å². The summed E-state index contributed by atoms with van der Waals surface area (Å²) >= 11 is 0. The molecule has 0 saturated heterocycles. The molecule has 8 N–H and O–H groups in total. The Hall–Kier alpha value is -4.12. The maximum Gasteiger partial charge on any atom is 0.326 e. The van der Waals surface area contributed by atoms with Gasteiger partial charge in [0.2, 0.25) is 17.7 Å². The van der Waals surface area contributed by atoms with E-state index in [-0.39, 0.29) is 24.3 Å². The number of nitrogens with two attached hydrogens (primary N) is 1. The van der Waals surface area contributed by atoms with Gasteiger partial charge in [0.1, 0.15) is 29.6 Å². The zero-order chi connectivity index (χ0) is 27.7. The summed E-state index contributed by atoms with van der Waals surface area (Å²) in [6, 6.07) is 7.90. The highest BCUT2D eigenvalue weighted by atomic mass is 16.4. The van der Waals surface area contributed by atoms with Crippen LogP contribution in [0.5, 0.6) is 11.5 Å². The summed E-state index contributed by atoms with van der Waals surface area (Å²) in [5.74, 6) is -3.45. The lowest BCUT2D eigenvalue weighted by molar-refractivity contribution is -0.143. The lowest BCUT2D eigenvalue weighted by Gasteiger charge is -2.25. The maximum atomic E-state index is 13.0. The van der Waals surface area contributed by atoms with E-state index in [2.05, 4.69) is 16.0 Å². The minimum atomic E-state index is -1.21. The first-order chi connectivity index (χ1) is 17.4. The van der Waals surface area contributed by atoms with E-state index in [9.17, 15) is 34.5 Å². The molecule has 0 spiro atoms. The second-order valence-electron chi connectivity index (χ2n) is 9.21. The van der Waals surface area contributed by atoms with Crippen LogP contribution in [0.25, 0.3) is 0 Å². The zero-order valence-electron chi connectivity index (χ0n) is 21.0. The standard InChI is InChI=1S/C26H34N4O7/c1-14(2)22(26(36)37)30-25(35)21(13-17-6-10-19(32)11-7-17)29-23(33)15(3)28-24(34)20(27)12-16-4-8-18(31)9-5-16/h4-11,14-15,20-22,31-32H,12-13,27H2,1-3H3,(H,28,34)(H,29,33)(H,30,35)(H,36,37). The Kier molecular flexibility index (Phi) is 10.4. The average Bonchev–Trinajstić information content (AvgIpc) is 2.84. The fourth-order valence-electron chi connectivity index (χ4n) is 3.51. The van der Waals surface area contributed by atoms with Crippen LogP contribution in [-0.4, -0.2) is 63.2 Å². The van der Waals surface area contributed by atoms with Gasteiger partial charge in [-0.2, -0.15) is 0 Å². The van der Waals surface area contributed by atoms with Gasteiger partial charge in [0.05, 0.1) is 6.04 Å². The molecule has 0 aliphatic carbocycles. The van der Waals surface area contributed by atoms with Gasteiger partial charge >= 0.3 is 5.97 Å². The number of benzene rings is 2.